The summed E-state index contributed by atoms with van der Waals surface area (Å²) in [5.74, 6) is 0.874. The summed E-state index contributed by atoms with van der Waals surface area (Å²) in [4.78, 5) is 4.32. The van der Waals surface area contributed by atoms with Gasteiger partial charge in [0.25, 0.3) is 0 Å². The predicted octanol–water partition coefficient (Wildman–Crippen LogP) is 4.56. The number of aromatic nitrogens is 2. The number of aryl methyl sites for hydroxylation is 1. The molecule has 1 heterocycles. The fourth-order valence-electron chi connectivity index (χ4n) is 2.11. The lowest BCUT2D eigenvalue weighted by Gasteiger charge is -2.09. The third-order valence-corrected chi connectivity index (χ3v) is 3.61. The molecule has 19 heavy (non-hydrogen) atoms. The van der Waals surface area contributed by atoms with Crippen molar-refractivity contribution in [2.24, 2.45) is 0 Å². The highest BCUT2D eigenvalue weighted by Gasteiger charge is 2.02. The van der Waals surface area contributed by atoms with Gasteiger partial charge in [-0.1, -0.05) is 28.1 Å². The van der Waals surface area contributed by atoms with Crippen molar-refractivity contribution < 1.29 is 0 Å². The molecular formula is C15H14BrN3. The summed E-state index contributed by atoms with van der Waals surface area (Å²) < 4.78 is 3.17. The van der Waals surface area contributed by atoms with Crippen molar-refractivity contribution in [3.8, 4) is 0 Å². The number of anilines is 2. The molecule has 2 aromatic carbocycles. The van der Waals surface area contributed by atoms with Crippen LogP contribution in [0.15, 0.2) is 53.3 Å². The molecule has 1 N–H and O–H groups in total. The molecule has 0 aliphatic rings. The molecule has 0 spiro atoms. The van der Waals surface area contributed by atoms with Crippen molar-refractivity contribution in [1.29, 1.82) is 0 Å². The normalized spacial score (nSPS) is 10.8. The van der Waals surface area contributed by atoms with Gasteiger partial charge in [-0.05, 0) is 42.0 Å². The van der Waals surface area contributed by atoms with E-state index >= 15 is 0 Å². The molecule has 3 aromatic rings. The summed E-state index contributed by atoms with van der Waals surface area (Å²) in [5.41, 5.74) is 1.05. The van der Waals surface area contributed by atoms with Crippen LogP contribution in [0.5, 0.6) is 0 Å². The molecule has 0 radical (unpaired) electrons. The summed E-state index contributed by atoms with van der Waals surface area (Å²) in [5, 5.41) is 5.78. The third kappa shape index (κ3) is 2.49. The van der Waals surface area contributed by atoms with Gasteiger partial charge in [0.1, 0.15) is 0 Å². The van der Waals surface area contributed by atoms with Crippen molar-refractivity contribution in [1.82, 2.24) is 9.55 Å². The first-order valence-electron chi connectivity index (χ1n) is 6.24. The van der Waals surface area contributed by atoms with Crippen LogP contribution in [0.2, 0.25) is 0 Å². The van der Waals surface area contributed by atoms with E-state index in [2.05, 4.69) is 74.1 Å². The molecule has 0 amide bonds. The number of rotatable bonds is 3. The fourth-order valence-corrected chi connectivity index (χ4v) is 2.49. The maximum atomic E-state index is 4.32. The Balaban J connectivity index is 1.95. The highest BCUT2D eigenvalue weighted by molar-refractivity contribution is 9.10. The van der Waals surface area contributed by atoms with Gasteiger partial charge in [0, 0.05) is 29.1 Å². The Morgan fingerprint density at radius 1 is 1.16 bits per heavy atom. The van der Waals surface area contributed by atoms with Gasteiger partial charge >= 0.3 is 0 Å². The SMILES string of the molecule is CCn1ccnc1Nc1ccc2cc(Br)ccc2c1. The number of hydrogen-bond donors (Lipinski definition) is 1. The topological polar surface area (TPSA) is 29.9 Å². The summed E-state index contributed by atoms with van der Waals surface area (Å²) in [7, 11) is 0. The van der Waals surface area contributed by atoms with Crippen LogP contribution in [0.1, 0.15) is 6.92 Å². The first kappa shape index (κ1) is 12.2. The zero-order chi connectivity index (χ0) is 13.2. The molecule has 3 nitrogen and oxygen atoms in total. The van der Waals surface area contributed by atoms with Gasteiger partial charge in [-0.3, -0.25) is 0 Å². The molecule has 0 aliphatic heterocycles. The Labute approximate surface area is 120 Å². The Hall–Kier alpha value is -1.81. The Morgan fingerprint density at radius 2 is 1.95 bits per heavy atom. The van der Waals surface area contributed by atoms with Crippen molar-refractivity contribution in [2.45, 2.75) is 13.5 Å². The lowest BCUT2D eigenvalue weighted by molar-refractivity contribution is 0.772. The standard InChI is InChI=1S/C15H14BrN3/c1-2-19-8-7-17-15(19)18-14-6-4-11-9-13(16)5-3-12(11)10-14/h3-10H,2H2,1H3,(H,17,18). The monoisotopic (exact) mass is 315 g/mol. The third-order valence-electron chi connectivity index (χ3n) is 3.11. The lowest BCUT2D eigenvalue weighted by atomic mass is 10.1. The molecule has 0 bridgehead atoms. The van der Waals surface area contributed by atoms with Crippen LogP contribution < -0.4 is 5.32 Å². The minimum atomic E-state index is 0.874. The van der Waals surface area contributed by atoms with E-state index in [1.165, 1.54) is 10.8 Å². The van der Waals surface area contributed by atoms with E-state index in [9.17, 15) is 0 Å². The number of benzene rings is 2. The summed E-state index contributed by atoms with van der Waals surface area (Å²) in [6.07, 6.45) is 3.78. The first-order valence-corrected chi connectivity index (χ1v) is 7.03. The average Bonchev–Trinajstić information content (AvgIpc) is 2.86. The molecule has 0 fully saturated rings. The Bertz CT molecular complexity index is 718. The molecule has 0 atom stereocenters. The number of fused-ring (bicyclic) bond motifs is 1. The molecule has 0 unspecified atom stereocenters. The first-order chi connectivity index (χ1) is 9.26. The summed E-state index contributed by atoms with van der Waals surface area (Å²) >= 11 is 3.49. The minimum absolute atomic E-state index is 0.874. The zero-order valence-corrected chi connectivity index (χ0v) is 12.2. The van der Waals surface area contributed by atoms with Crippen LogP contribution in [0.4, 0.5) is 11.6 Å². The predicted molar refractivity (Wildman–Crippen MR) is 82.8 cm³/mol. The molecule has 4 heteroatoms. The molecule has 0 aliphatic carbocycles. The summed E-state index contributed by atoms with van der Waals surface area (Å²) in [6.45, 7) is 3.01. The Morgan fingerprint density at radius 3 is 2.79 bits per heavy atom. The van der Waals surface area contributed by atoms with E-state index in [4.69, 9.17) is 0 Å². The fraction of sp³-hybridized carbons (Fsp3) is 0.133. The number of imidazole rings is 1. The molecule has 1 aromatic heterocycles. The van der Waals surface area contributed by atoms with E-state index < -0.39 is 0 Å². The van der Waals surface area contributed by atoms with Crippen LogP contribution >= 0.6 is 15.9 Å². The van der Waals surface area contributed by atoms with Crippen LogP contribution in [-0.4, -0.2) is 9.55 Å². The zero-order valence-electron chi connectivity index (χ0n) is 10.6. The number of hydrogen-bond acceptors (Lipinski definition) is 2. The minimum Gasteiger partial charge on any atom is -0.326 e. The van der Waals surface area contributed by atoms with Crippen LogP contribution in [0.3, 0.4) is 0 Å². The van der Waals surface area contributed by atoms with Crippen LogP contribution in [-0.2, 0) is 6.54 Å². The maximum Gasteiger partial charge on any atom is 0.207 e. The van der Waals surface area contributed by atoms with Gasteiger partial charge in [0.15, 0.2) is 0 Å². The quantitative estimate of drug-likeness (QED) is 0.767. The molecular weight excluding hydrogens is 302 g/mol. The Kier molecular flexibility index (Phi) is 3.25. The van der Waals surface area contributed by atoms with Gasteiger partial charge in [-0.25, -0.2) is 4.98 Å². The van der Waals surface area contributed by atoms with Gasteiger partial charge in [0.05, 0.1) is 0 Å². The van der Waals surface area contributed by atoms with E-state index in [1.54, 1.807) is 0 Å². The van der Waals surface area contributed by atoms with Gasteiger partial charge in [-0.15, -0.1) is 0 Å². The number of halogens is 1. The second-order valence-electron chi connectivity index (χ2n) is 4.37. The maximum absolute atomic E-state index is 4.32. The van der Waals surface area contributed by atoms with Crippen molar-refractivity contribution >= 4 is 38.3 Å². The largest absolute Gasteiger partial charge is 0.326 e. The molecule has 0 saturated carbocycles. The second kappa shape index (κ2) is 5.05. The van der Waals surface area contributed by atoms with Crippen LogP contribution in [0, 0.1) is 0 Å². The van der Waals surface area contributed by atoms with E-state index in [1.807, 2.05) is 12.4 Å². The molecule has 3 rings (SSSR count). The van der Waals surface area contributed by atoms with Crippen molar-refractivity contribution in [2.75, 3.05) is 5.32 Å². The highest BCUT2D eigenvalue weighted by atomic mass is 79.9. The van der Waals surface area contributed by atoms with Crippen LogP contribution in [0.25, 0.3) is 10.8 Å². The van der Waals surface area contributed by atoms with Crippen molar-refractivity contribution in [3.63, 3.8) is 0 Å². The molecule has 96 valence electrons. The smallest absolute Gasteiger partial charge is 0.207 e. The van der Waals surface area contributed by atoms with E-state index in [0.29, 0.717) is 0 Å². The second-order valence-corrected chi connectivity index (χ2v) is 5.28. The van der Waals surface area contributed by atoms with E-state index in [0.717, 1.165) is 22.7 Å². The van der Waals surface area contributed by atoms with E-state index in [-0.39, 0.29) is 0 Å². The molecule has 0 saturated heterocycles. The highest BCUT2D eigenvalue weighted by Crippen LogP contribution is 2.24. The van der Waals surface area contributed by atoms with Crippen molar-refractivity contribution in [3.05, 3.63) is 53.3 Å². The van der Waals surface area contributed by atoms with Gasteiger partial charge in [0.2, 0.25) is 5.95 Å². The number of nitrogens with one attached hydrogen (secondary N) is 1. The van der Waals surface area contributed by atoms with Gasteiger partial charge in [-0.2, -0.15) is 0 Å². The number of nitrogens with zero attached hydrogens (tertiary/aromatic N) is 2. The van der Waals surface area contributed by atoms with Gasteiger partial charge < -0.3 is 9.88 Å². The summed E-state index contributed by atoms with van der Waals surface area (Å²) in [6, 6.07) is 12.6. The average molecular weight is 316 g/mol. The lowest BCUT2D eigenvalue weighted by Crippen LogP contribution is -2.01.